The van der Waals surface area contributed by atoms with E-state index < -0.39 is 23.7 Å². The maximum Gasteiger partial charge on any atom is 0.323 e. The third-order valence-corrected chi connectivity index (χ3v) is 4.48. The van der Waals surface area contributed by atoms with Crippen molar-refractivity contribution in [1.82, 2.24) is 4.90 Å². The summed E-state index contributed by atoms with van der Waals surface area (Å²) >= 11 is 0.714. The summed E-state index contributed by atoms with van der Waals surface area (Å²) in [6.07, 6.45) is 3.83. The van der Waals surface area contributed by atoms with Gasteiger partial charge in [-0.25, -0.2) is 0 Å². The van der Waals surface area contributed by atoms with Gasteiger partial charge >= 0.3 is 5.97 Å². The van der Waals surface area contributed by atoms with Crippen LogP contribution in [0.3, 0.4) is 0 Å². The Morgan fingerprint density at radius 3 is 2.56 bits per heavy atom. The maximum absolute atomic E-state index is 12.3. The normalized spacial score (nSPS) is 15.3. The molecule has 0 unspecified atom stereocenters. The monoisotopic (exact) mass is 391 g/mol. The molecule has 0 atom stereocenters. The molecule has 0 spiro atoms. The zero-order valence-electron chi connectivity index (χ0n) is 15.2. The van der Waals surface area contributed by atoms with Gasteiger partial charge in [0.25, 0.3) is 11.1 Å². The number of carbonyl (C=O) groups is 3. The van der Waals surface area contributed by atoms with Gasteiger partial charge in [0, 0.05) is 5.56 Å². The average molecular weight is 391 g/mol. The van der Waals surface area contributed by atoms with Gasteiger partial charge in [-0.15, -0.1) is 6.58 Å². The van der Waals surface area contributed by atoms with Crippen LogP contribution in [0.4, 0.5) is 4.79 Å². The Labute approximate surface area is 161 Å². The molecule has 1 aliphatic heterocycles. The molecule has 2 rings (SSSR count). The SMILES string of the molecule is C=CCc1cc(/C=C2/SC(=O)N(CC(=O)O)C2=O)cc(OCC)c1OCC. The van der Waals surface area contributed by atoms with Crippen LogP contribution in [-0.4, -0.2) is 46.9 Å². The summed E-state index contributed by atoms with van der Waals surface area (Å²) in [7, 11) is 0. The van der Waals surface area contributed by atoms with Crippen LogP contribution in [0.1, 0.15) is 25.0 Å². The fourth-order valence-corrected chi connectivity index (χ4v) is 3.41. The molecule has 27 heavy (non-hydrogen) atoms. The standard InChI is InChI=1S/C19H21NO6S/c1-4-7-13-8-12(9-14(25-5-2)17(13)26-6-3)10-15-18(23)20(11-16(21)22)19(24)27-15/h4,8-10H,1,5-7,11H2,2-3H3,(H,21,22)/b15-10+. The Kier molecular flexibility index (Phi) is 7.06. The average Bonchev–Trinajstić information content (AvgIpc) is 2.85. The van der Waals surface area contributed by atoms with Gasteiger partial charge in [0.15, 0.2) is 11.5 Å². The lowest BCUT2D eigenvalue weighted by molar-refractivity contribution is -0.140. The number of ether oxygens (including phenoxy) is 2. The van der Waals surface area contributed by atoms with Crippen molar-refractivity contribution >= 4 is 35.0 Å². The molecule has 1 fully saturated rings. The molecule has 0 aromatic heterocycles. The smallest absolute Gasteiger partial charge is 0.323 e. The Bertz CT molecular complexity index is 802. The lowest BCUT2D eigenvalue weighted by Gasteiger charge is -2.16. The van der Waals surface area contributed by atoms with Crippen molar-refractivity contribution in [2.45, 2.75) is 20.3 Å². The lowest BCUT2D eigenvalue weighted by atomic mass is 10.0. The minimum atomic E-state index is -1.24. The predicted molar refractivity (Wildman–Crippen MR) is 103 cm³/mol. The van der Waals surface area contributed by atoms with Gasteiger partial charge in [0.2, 0.25) is 0 Å². The third-order valence-electron chi connectivity index (χ3n) is 3.57. The summed E-state index contributed by atoms with van der Waals surface area (Å²) < 4.78 is 11.4. The van der Waals surface area contributed by atoms with Crippen molar-refractivity contribution in [3.05, 3.63) is 40.8 Å². The van der Waals surface area contributed by atoms with E-state index in [-0.39, 0.29) is 4.91 Å². The zero-order valence-corrected chi connectivity index (χ0v) is 16.0. The van der Waals surface area contributed by atoms with E-state index in [1.54, 1.807) is 18.2 Å². The third kappa shape index (κ3) is 4.91. The van der Waals surface area contributed by atoms with Gasteiger partial charge in [-0.05, 0) is 55.8 Å². The van der Waals surface area contributed by atoms with Crippen LogP contribution in [0.2, 0.25) is 0 Å². The number of imide groups is 1. The van der Waals surface area contributed by atoms with E-state index in [0.29, 0.717) is 53.4 Å². The number of allylic oxidation sites excluding steroid dienone is 1. The molecule has 1 N–H and O–H groups in total. The van der Waals surface area contributed by atoms with Crippen LogP contribution in [0.5, 0.6) is 11.5 Å². The molecule has 0 saturated carbocycles. The molecule has 1 heterocycles. The number of amides is 2. The number of carboxylic acid groups (broad SMARTS) is 1. The van der Waals surface area contributed by atoms with Crippen LogP contribution in [-0.2, 0) is 16.0 Å². The van der Waals surface area contributed by atoms with Gasteiger partial charge in [-0.2, -0.15) is 0 Å². The summed E-state index contributed by atoms with van der Waals surface area (Å²) in [4.78, 5) is 35.9. The van der Waals surface area contributed by atoms with E-state index in [9.17, 15) is 14.4 Å². The summed E-state index contributed by atoms with van der Waals surface area (Å²) in [5.41, 5.74) is 1.49. The van der Waals surface area contributed by atoms with E-state index in [0.717, 1.165) is 5.56 Å². The molecule has 0 aliphatic carbocycles. The number of aliphatic carboxylic acids is 1. The number of hydrogen-bond donors (Lipinski definition) is 1. The molecule has 0 radical (unpaired) electrons. The summed E-state index contributed by atoms with van der Waals surface area (Å²) in [6, 6.07) is 3.56. The lowest BCUT2D eigenvalue weighted by Crippen LogP contribution is -2.33. The van der Waals surface area contributed by atoms with Gasteiger partial charge in [-0.1, -0.05) is 6.08 Å². The van der Waals surface area contributed by atoms with E-state index >= 15 is 0 Å². The topological polar surface area (TPSA) is 93.1 Å². The zero-order chi connectivity index (χ0) is 20.0. The van der Waals surface area contributed by atoms with Crippen molar-refractivity contribution in [3.63, 3.8) is 0 Å². The van der Waals surface area contributed by atoms with Crippen molar-refractivity contribution < 1.29 is 29.0 Å². The number of rotatable bonds is 9. The minimum absolute atomic E-state index is 0.164. The fourth-order valence-electron chi connectivity index (χ4n) is 2.57. The highest BCUT2D eigenvalue weighted by molar-refractivity contribution is 8.18. The van der Waals surface area contributed by atoms with Crippen LogP contribution in [0.15, 0.2) is 29.7 Å². The summed E-state index contributed by atoms with van der Waals surface area (Å²) in [6.45, 7) is 7.73. The molecule has 1 aromatic rings. The molecular weight excluding hydrogens is 370 g/mol. The van der Waals surface area contributed by atoms with Crippen molar-refractivity contribution in [3.8, 4) is 11.5 Å². The molecule has 1 saturated heterocycles. The largest absolute Gasteiger partial charge is 0.490 e. The molecule has 1 aromatic carbocycles. The minimum Gasteiger partial charge on any atom is -0.490 e. The number of carbonyl (C=O) groups excluding carboxylic acids is 2. The number of carboxylic acids is 1. The second-order valence-corrected chi connectivity index (χ2v) is 6.52. The highest BCUT2D eigenvalue weighted by Crippen LogP contribution is 2.37. The van der Waals surface area contributed by atoms with E-state index in [4.69, 9.17) is 14.6 Å². The fraction of sp³-hybridized carbons (Fsp3) is 0.316. The summed E-state index contributed by atoms with van der Waals surface area (Å²) in [5, 5.41) is 8.24. The molecule has 144 valence electrons. The second-order valence-electron chi connectivity index (χ2n) is 5.53. The highest BCUT2D eigenvalue weighted by Gasteiger charge is 2.36. The highest BCUT2D eigenvalue weighted by atomic mass is 32.2. The van der Waals surface area contributed by atoms with E-state index in [1.165, 1.54) is 0 Å². The van der Waals surface area contributed by atoms with E-state index in [1.807, 2.05) is 19.9 Å². The van der Waals surface area contributed by atoms with Gasteiger partial charge in [0.1, 0.15) is 6.54 Å². The van der Waals surface area contributed by atoms with Gasteiger partial charge in [0.05, 0.1) is 18.1 Å². The van der Waals surface area contributed by atoms with Crippen LogP contribution in [0, 0.1) is 0 Å². The van der Waals surface area contributed by atoms with Crippen LogP contribution < -0.4 is 9.47 Å². The molecule has 0 bridgehead atoms. The van der Waals surface area contributed by atoms with Crippen molar-refractivity contribution in [2.75, 3.05) is 19.8 Å². The first-order valence-corrected chi connectivity index (χ1v) is 9.23. The molecular formula is C19H21NO6S. The van der Waals surface area contributed by atoms with Gasteiger partial charge < -0.3 is 14.6 Å². The van der Waals surface area contributed by atoms with Crippen molar-refractivity contribution in [1.29, 1.82) is 0 Å². The number of thioether (sulfide) groups is 1. The first-order chi connectivity index (χ1) is 12.9. The first kappa shape index (κ1) is 20.6. The molecule has 1 aliphatic rings. The summed E-state index contributed by atoms with van der Waals surface area (Å²) in [5.74, 6) is -0.707. The Hall–Kier alpha value is -2.74. The van der Waals surface area contributed by atoms with Gasteiger partial charge in [-0.3, -0.25) is 19.3 Å². The number of benzene rings is 1. The van der Waals surface area contributed by atoms with Crippen LogP contribution >= 0.6 is 11.8 Å². The Morgan fingerprint density at radius 1 is 1.26 bits per heavy atom. The molecule has 8 heteroatoms. The number of nitrogens with zero attached hydrogens (tertiary/aromatic N) is 1. The van der Waals surface area contributed by atoms with E-state index in [2.05, 4.69) is 6.58 Å². The van der Waals surface area contributed by atoms with Crippen molar-refractivity contribution in [2.24, 2.45) is 0 Å². The second kappa shape index (κ2) is 9.27. The van der Waals surface area contributed by atoms with Crippen LogP contribution in [0.25, 0.3) is 6.08 Å². The predicted octanol–water partition coefficient (Wildman–Crippen LogP) is 3.33. The molecule has 2 amide bonds. The molecule has 7 nitrogen and oxygen atoms in total. The first-order valence-electron chi connectivity index (χ1n) is 8.41. The quantitative estimate of drug-likeness (QED) is 0.510. The Morgan fingerprint density at radius 2 is 1.96 bits per heavy atom. The number of hydrogen-bond acceptors (Lipinski definition) is 6. The Balaban J connectivity index is 2.44. The maximum atomic E-state index is 12.3.